The first-order valence-electron chi connectivity index (χ1n) is 6.13. The quantitative estimate of drug-likeness (QED) is 0.694. The van der Waals surface area contributed by atoms with E-state index >= 15 is 0 Å². The van der Waals surface area contributed by atoms with Crippen molar-refractivity contribution in [3.8, 4) is 0 Å². The van der Waals surface area contributed by atoms with Crippen LogP contribution in [0.4, 0.5) is 4.39 Å². The van der Waals surface area contributed by atoms with Crippen molar-refractivity contribution < 1.29 is 4.39 Å². The van der Waals surface area contributed by atoms with Crippen molar-refractivity contribution in [2.75, 3.05) is 6.54 Å². The molecule has 1 rings (SSSR count). The molecule has 0 aliphatic rings. The van der Waals surface area contributed by atoms with Crippen molar-refractivity contribution in [1.29, 1.82) is 0 Å². The van der Waals surface area contributed by atoms with Crippen LogP contribution in [0.5, 0.6) is 0 Å². The summed E-state index contributed by atoms with van der Waals surface area (Å²) in [5, 5.41) is 3.34. The summed E-state index contributed by atoms with van der Waals surface area (Å²) in [6, 6.07) is 6.77. The summed E-state index contributed by atoms with van der Waals surface area (Å²) in [6.45, 7) is 6.28. The average Bonchev–Trinajstić information content (AvgIpc) is 2.23. The van der Waals surface area contributed by atoms with E-state index < -0.39 is 0 Å². The Morgan fingerprint density at radius 1 is 1.25 bits per heavy atom. The molecule has 0 heterocycles. The molecule has 16 heavy (non-hydrogen) atoms. The zero-order valence-corrected chi connectivity index (χ0v) is 10.3. The van der Waals surface area contributed by atoms with Crippen LogP contribution in [0.1, 0.15) is 38.7 Å². The lowest BCUT2D eigenvalue weighted by Crippen LogP contribution is -2.14. The SMILES string of the molecule is CC(C)CCCCNCc1cccc(F)c1. The van der Waals surface area contributed by atoms with Gasteiger partial charge in [0.15, 0.2) is 0 Å². The lowest BCUT2D eigenvalue weighted by molar-refractivity contribution is 0.520. The first-order chi connectivity index (χ1) is 7.68. The van der Waals surface area contributed by atoms with Gasteiger partial charge in [0.05, 0.1) is 0 Å². The zero-order valence-electron chi connectivity index (χ0n) is 10.3. The predicted octanol–water partition coefficient (Wildman–Crippen LogP) is 3.74. The van der Waals surface area contributed by atoms with E-state index in [1.54, 1.807) is 12.1 Å². The second-order valence-electron chi connectivity index (χ2n) is 4.70. The molecule has 90 valence electrons. The van der Waals surface area contributed by atoms with Crippen LogP contribution in [0.3, 0.4) is 0 Å². The van der Waals surface area contributed by atoms with Crippen molar-refractivity contribution in [2.45, 2.75) is 39.7 Å². The molecule has 0 saturated heterocycles. The van der Waals surface area contributed by atoms with Gasteiger partial charge in [0, 0.05) is 6.54 Å². The summed E-state index contributed by atoms with van der Waals surface area (Å²) < 4.78 is 12.9. The summed E-state index contributed by atoms with van der Waals surface area (Å²) in [4.78, 5) is 0. The van der Waals surface area contributed by atoms with Crippen LogP contribution < -0.4 is 5.32 Å². The fourth-order valence-corrected chi connectivity index (χ4v) is 1.68. The Bertz CT molecular complexity index is 297. The Morgan fingerprint density at radius 3 is 2.75 bits per heavy atom. The van der Waals surface area contributed by atoms with Gasteiger partial charge in [0.1, 0.15) is 5.82 Å². The Morgan fingerprint density at radius 2 is 2.06 bits per heavy atom. The van der Waals surface area contributed by atoms with Crippen LogP contribution in [0, 0.1) is 11.7 Å². The Hall–Kier alpha value is -0.890. The van der Waals surface area contributed by atoms with Gasteiger partial charge in [-0.2, -0.15) is 0 Å². The molecule has 0 aliphatic carbocycles. The summed E-state index contributed by atoms with van der Waals surface area (Å²) in [7, 11) is 0. The second kappa shape index (κ2) is 7.39. The summed E-state index contributed by atoms with van der Waals surface area (Å²) in [6.07, 6.45) is 3.77. The zero-order chi connectivity index (χ0) is 11.8. The number of rotatable bonds is 7. The van der Waals surface area contributed by atoms with Crippen molar-refractivity contribution in [1.82, 2.24) is 5.32 Å². The summed E-state index contributed by atoms with van der Waals surface area (Å²) in [5.74, 6) is 0.641. The second-order valence-corrected chi connectivity index (χ2v) is 4.70. The lowest BCUT2D eigenvalue weighted by Gasteiger charge is -2.06. The molecule has 0 aliphatic heterocycles. The van der Waals surface area contributed by atoms with Crippen LogP contribution in [-0.4, -0.2) is 6.54 Å². The van der Waals surface area contributed by atoms with Crippen LogP contribution >= 0.6 is 0 Å². The minimum absolute atomic E-state index is 0.154. The van der Waals surface area contributed by atoms with E-state index in [1.165, 1.54) is 25.3 Å². The summed E-state index contributed by atoms with van der Waals surface area (Å²) in [5.41, 5.74) is 1.02. The molecular weight excluding hydrogens is 201 g/mol. The lowest BCUT2D eigenvalue weighted by atomic mass is 10.1. The molecule has 1 nitrogen and oxygen atoms in total. The highest BCUT2D eigenvalue weighted by molar-refractivity contribution is 5.15. The van der Waals surface area contributed by atoms with Gasteiger partial charge in [0.2, 0.25) is 0 Å². The standard InChI is InChI=1S/C14H22FN/c1-12(2)6-3-4-9-16-11-13-7-5-8-14(15)10-13/h5,7-8,10,12,16H,3-4,6,9,11H2,1-2H3. The Kier molecular flexibility index (Phi) is 6.09. The van der Waals surface area contributed by atoms with E-state index in [0.29, 0.717) is 0 Å². The Balaban J connectivity index is 2.07. The summed E-state index contributed by atoms with van der Waals surface area (Å²) >= 11 is 0. The maximum atomic E-state index is 12.9. The van der Waals surface area contributed by atoms with Gasteiger partial charge in [-0.1, -0.05) is 38.8 Å². The molecule has 1 N–H and O–H groups in total. The van der Waals surface area contributed by atoms with Gasteiger partial charge in [-0.3, -0.25) is 0 Å². The van der Waals surface area contributed by atoms with Gasteiger partial charge < -0.3 is 5.32 Å². The minimum Gasteiger partial charge on any atom is -0.313 e. The van der Waals surface area contributed by atoms with Crippen LogP contribution in [-0.2, 0) is 6.54 Å². The van der Waals surface area contributed by atoms with E-state index in [-0.39, 0.29) is 5.82 Å². The third kappa shape index (κ3) is 5.86. The molecule has 0 aromatic heterocycles. The van der Waals surface area contributed by atoms with E-state index in [2.05, 4.69) is 19.2 Å². The van der Waals surface area contributed by atoms with Crippen LogP contribution in [0.15, 0.2) is 24.3 Å². The highest BCUT2D eigenvalue weighted by Crippen LogP contribution is 2.06. The molecule has 0 amide bonds. The Labute approximate surface area is 98.1 Å². The maximum Gasteiger partial charge on any atom is 0.123 e. The maximum absolute atomic E-state index is 12.9. The highest BCUT2D eigenvalue weighted by atomic mass is 19.1. The molecule has 0 bridgehead atoms. The molecule has 1 aromatic rings. The number of nitrogens with one attached hydrogen (secondary N) is 1. The first kappa shape index (κ1) is 13.2. The minimum atomic E-state index is -0.154. The number of halogens is 1. The van der Waals surface area contributed by atoms with Gasteiger partial charge in [-0.15, -0.1) is 0 Å². The van der Waals surface area contributed by atoms with E-state index in [4.69, 9.17) is 0 Å². The highest BCUT2D eigenvalue weighted by Gasteiger charge is 1.96. The van der Waals surface area contributed by atoms with Gasteiger partial charge in [0.25, 0.3) is 0 Å². The van der Waals surface area contributed by atoms with E-state index in [0.717, 1.165) is 24.6 Å². The monoisotopic (exact) mass is 223 g/mol. The van der Waals surface area contributed by atoms with Crippen molar-refractivity contribution in [3.05, 3.63) is 35.6 Å². The number of hydrogen-bond donors (Lipinski definition) is 1. The van der Waals surface area contributed by atoms with E-state index in [9.17, 15) is 4.39 Å². The molecule has 2 heteroatoms. The number of benzene rings is 1. The van der Waals surface area contributed by atoms with Crippen molar-refractivity contribution in [2.24, 2.45) is 5.92 Å². The molecule has 0 atom stereocenters. The van der Waals surface area contributed by atoms with Crippen LogP contribution in [0.25, 0.3) is 0 Å². The topological polar surface area (TPSA) is 12.0 Å². The normalized spacial score (nSPS) is 11.0. The largest absolute Gasteiger partial charge is 0.313 e. The van der Waals surface area contributed by atoms with Gasteiger partial charge >= 0.3 is 0 Å². The average molecular weight is 223 g/mol. The van der Waals surface area contributed by atoms with Crippen molar-refractivity contribution in [3.63, 3.8) is 0 Å². The van der Waals surface area contributed by atoms with Crippen LogP contribution in [0.2, 0.25) is 0 Å². The fourth-order valence-electron chi connectivity index (χ4n) is 1.68. The predicted molar refractivity (Wildman–Crippen MR) is 66.8 cm³/mol. The first-order valence-corrected chi connectivity index (χ1v) is 6.13. The molecule has 0 saturated carbocycles. The molecule has 0 unspecified atom stereocenters. The molecule has 0 spiro atoms. The third-order valence-electron chi connectivity index (χ3n) is 2.60. The molecule has 0 radical (unpaired) electrons. The molecule has 1 aromatic carbocycles. The van der Waals surface area contributed by atoms with Crippen molar-refractivity contribution >= 4 is 0 Å². The smallest absolute Gasteiger partial charge is 0.123 e. The fraction of sp³-hybridized carbons (Fsp3) is 0.571. The van der Waals surface area contributed by atoms with Gasteiger partial charge in [-0.05, 0) is 36.6 Å². The van der Waals surface area contributed by atoms with Gasteiger partial charge in [-0.25, -0.2) is 4.39 Å². The number of hydrogen-bond acceptors (Lipinski definition) is 1. The molecule has 0 fully saturated rings. The molecular formula is C14H22FN. The third-order valence-corrected chi connectivity index (χ3v) is 2.60. The number of unbranched alkanes of at least 4 members (excludes halogenated alkanes) is 1. The van der Waals surface area contributed by atoms with E-state index in [1.807, 2.05) is 6.07 Å².